The van der Waals surface area contributed by atoms with Gasteiger partial charge < -0.3 is 24.4 Å². The molecule has 1 aliphatic heterocycles. The number of hydrogen-bond acceptors (Lipinski definition) is 10. The van der Waals surface area contributed by atoms with Crippen LogP contribution in [0.2, 0.25) is 0 Å². The molecule has 42 heavy (non-hydrogen) atoms. The summed E-state index contributed by atoms with van der Waals surface area (Å²) in [6, 6.07) is 12.8. The molecule has 1 spiro atoms. The van der Waals surface area contributed by atoms with Crippen molar-refractivity contribution in [1.82, 2.24) is 29.6 Å². The van der Waals surface area contributed by atoms with Gasteiger partial charge in [0.1, 0.15) is 36.3 Å². The Kier molecular flexibility index (Phi) is 7.41. The fourth-order valence-corrected chi connectivity index (χ4v) is 4.97. The Balaban J connectivity index is 1.14. The second-order valence-corrected chi connectivity index (χ2v) is 10.5. The van der Waals surface area contributed by atoms with Gasteiger partial charge in [-0.3, -0.25) is 4.79 Å². The van der Waals surface area contributed by atoms with Gasteiger partial charge in [-0.05, 0) is 55.7 Å². The van der Waals surface area contributed by atoms with E-state index in [0.717, 1.165) is 24.0 Å². The maximum atomic E-state index is 13.2. The van der Waals surface area contributed by atoms with Gasteiger partial charge in [0, 0.05) is 30.1 Å². The summed E-state index contributed by atoms with van der Waals surface area (Å²) in [5, 5.41) is 16.9. The van der Waals surface area contributed by atoms with E-state index in [4.69, 9.17) is 14.2 Å². The summed E-state index contributed by atoms with van der Waals surface area (Å²) in [6.45, 7) is 4.17. The third-order valence-corrected chi connectivity index (χ3v) is 7.36. The van der Waals surface area contributed by atoms with Crippen molar-refractivity contribution in [3.05, 3.63) is 72.6 Å². The van der Waals surface area contributed by atoms with Gasteiger partial charge in [0.15, 0.2) is 0 Å². The molecule has 1 N–H and O–H groups in total. The van der Waals surface area contributed by atoms with E-state index in [0.29, 0.717) is 60.5 Å². The van der Waals surface area contributed by atoms with Crippen LogP contribution in [0.5, 0.6) is 11.5 Å². The number of morpholine rings is 1. The Bertz CT molecular complexity index is 1610. The summed E-state index contributed by atoms with van der Waals surface area (Å²) in [6.07, 6.45) is 8.24. The van der Waals surface area contributed by atoms with Crippen LogP contribution in [0.3, 0.4) is 0 Å². The van der Waals surface area contributed by atoms with Crippen LogP contribution < -0.4 is 14.8 Å². The van der Waals surface area contributed by atoms with Gasteiger partial charge in [0.05, 0.1) is 43.7 Å². The van der Waals surface area contributed by atoms with Crippen molar-refractivity contribution in [2.24, 2.45) is 0 Å². The molecule has 1 amide bonds. The lowest BCUT2D eigenvalue weighted by molar-refractivity contribution is -0.0376. The van der Waals surface area contributed by atoms with E-state index < -0.39 is 0 Å². The molecule has 3 heterocycles. The molecular weight excluding hydrogens is 536 g/mol. The third kappa shape index (κ3) is 5.87. The van der Waals surface area contributed by atoms with Crippen LogP contribution in [-0.4, -0.2) is 74.1 Å². The first-order chi connectivity index (χ1) is 20.4. The van der Waals surface area contributed by atoms with Gasteiger partial charge in [-0.1, -0.05) is 6.07 Å². The molecule has 0 unspecified atom stereocenters. The van der Waals surface area contributed by atoms with Gasteiger partial charge in [-0.25, -0.2) is 19.6 Å². The summed E-state index contributed by atoms with van der Waals surface area (Å²) in [4.78, 5) is 27.9. The fourth-order valence-electron chi connectivity index (χ4n) is 4.97. The molecule has 2 aliphatic rings. The van der Waals surface area contributed by atoms with Crippen LogP contribution in [0.4, 0.5) is 11.6 Å². The highest BCUT2D eigenvalue weighted by atomic mass is 16.5. The normalized spacial score (nSPS) is 16.0. The molecule has 0 bridgehead atoms. The first-order valence-corrected chi connectivity index (χ1v) is 13.7. The lowest BCUT2D eigenvalue weighted by Crippen LogP contribution is -2.46. The molecule has 2 aromatic carbocycles. The number of nitrogens with one attached hydrogen (secondary N) is 1. The summed E-state index contributed by atoms with van der Waals surface area (Å²) in [7, 11) is 1.56. The molecule has 0 radical (unpaired) electrons. The second kappa shape index (κ2) is 11.5. The second-order valence-electron chi connectivity index (χ2n) is 10.5. The highest BCUT2D eigenvalue weighted by molar-refractivity contribution is 5.95. The molecule has 1 atom stereocenters. The van der Waals surface area contributed by atoms with Crippen LogP contribution in [0, 0.1) is 11.3 Å². The van der Waals surface area contributed by atoms with Crippen molar-refractivity contribution in [2.75, 3.05) is 32.1 Å². The predicted molar refractivity (Wildman–Crippen MR) is 152 cm³/mol. The summed E-state index contributed by atoms with van der Waals surface area (Å²) < 4.78 is 19.2. The number of amides is 1. The minimum Gasteiger partial charge on any atom is -0.495 e. The van der Waals surface area contributed by atoms with Crippen molar-refractivity contribution in [2.45, 2.75) is 38.0 Å². The number of carbonyl (C=O) groups excluding carboxylic acids is 1. The van der Waals surface area contributed by atoms with E-state index in [-0.39, 0.29) is 17.6 Å². The van der Waals surface area contributed by atoms with Gasteiger partial charge in [0.2, 0.25) is 5.95 Å². The number of ether oxygens (including phenoxy) is 3. The molecule has 1 saturated carbocycles. The number of anilines is 2. The lowest BCUT2D eigenvalue weighted by Gasteiger charge is -2.33. The lowest BCUT2D eigenvalue weighted by atomic mass is 10.1. The van der Waals surface area contributed by atoms with Crippen molar-refractivity contribution >= 4 is 17.5 Å². The molecular formula is C30H30N8O4. The van der Waals surface area contributed by atoms with Gasteiger partial charge >= 0.3 is 0 Å². The van der Waals surface area contributed by atoms with Crippen molar-refractivity contribution < 1.29 is 19.0 Å². The largest absolute Gasteiger partial charge is 0.495 e. The smallest absolute Gasteiger partial charge is 0.254 e. The monoisotopic (exact) mass is 566 g/mol. The zero-order valence-corrected chi connectivity index (χ0v) is 23.4. The maximum Gasteiger partial charge on any atom is 0.254 e. The minimum absolute atomic E-state index is 0.0337. The fraction of sp³-hybridized carbons (Fsp3) is 0.333. The number of aromatic nitrogens is 5. The molecule has 2 aromatic heterocycles. The molecule has 12 nitrogen and oxygen atoms in total. The standard InChI is InChI=1S/C30H30N8O4/c1-20(16-38-19-32-18-35-38)42-26-11-21(3-4-23(26)13-31)24-14-33-29(34-15-24)36-25-6-5-22(12-27(25)40-2)28(39)37-9-10-41-30(17-37)7-8-30/h3-6,11-12,14-15,18-20H,7-10,16-17H2,1-2H3,(H,33,34,36)/t20-/m0/s1. The number of benzene rings is 2. The summed E-state index contributed by atoms with van der Waals surface area (Å²) in [5.74, 6) is 1.31. The SMILES string of the molecule is COc1cc(C(=O)N2CCOC3(CC3)C2)ccc1Nc1ncc(-c2ccc(C#N)c(O[C@@H](C)Cn3cncn3)c2)cn1. The van der Waals surface area contributed by atoms with E-state index in [2.05, 4.69) is 31.4 Å². The minimum atomic E-state index is -0.239. The first kappa shape index (κ1) is 27.2. The van der Waals surface area contributed by atoms with Gasteiger partial charge in [-0.2, -0.15) is 10.4 Å². The van der Waals surface area contributed by atoms with E-state index in [9.17, 15) is 10.1 Å². The zero-order chi connectivity index (χ0) is 29.1. The Hall–Kier alpha value is -5.02. The molecule has 1 aliphatic carbocycles. The van der Waals surface area contributed by atoms with Crippen molar-refractivity contribution in [1.29, 1.82) is 5.26 Å². The zero-order valence-electron chi connectivity index (χ0n) is 23.4. The first-order valence-electron chi connectivity index (χ1n) is 13.7. The number of nitriles is 1. The number of methoxy groups -OCH3 is 1. The summed E-state index contributed by atoms with van der Waals surface area (Å²) >= 11 is 0. The van der Waals surface area contributed by atoms with E-state index in [1.165, 1.54) is 6.33 Å². The summed E-state index contributed by atoms with van der Waals surface area (Å²) in [5.41, 5.74) is 3.05. The Labute approximate surface area is 242 Å². The number of hydrogen-bond donors (Lipinski definition) is 1. The van der Waals surface area contributed by atoms with Crippen LogP contribution >= 0.6 is 0 Å². The highest BCUT2D eigenvalue weighted by Crippen LogP contribution is 2.42. The number of rotatable bonds is 9. The average molecular weight is 567 g/mol. The van der Waals surface area contributed by atoms with Gasteiger partial charge in [-0.15, -0.1) is 0 Å². The average Bonchev–Trinajstić information content (AvgIpc) is 3.54. The number of nitrogens with zero attached hydrogens (tertiary/aromatic N) is 7. The third-order valence-electron chi connectivity index (χ3n) is 7.36. The van der Waals surface area contributed by atoms with Crippen LogP contribution in [0.25, 0.3) is 11.1 Å². The maximum absolute atomic E-state index is 13.2. The molecule has 12 heteroatoms. The Morgan fingerprint density at radius 3 is 2.71 bits per heavy atom. The molecule has 6 rings (SSSR count). The van der Waals surface area contributed by atoms with E-state index in [1.807, 2.05) is 17.9 Å². The van der Waals surface area contributed by atoms with Crippen molar-refractivity contribution in [3.63, 3.8) is 0 Å². The van der Waals surface area contributed by atoms with Crippen molar-refractivity contribution in [3.8, 4) is 28.7 Å². The van der Waals surface area contributed by atoms with Crippen LogP contribution in [0.1, 0.15) is 35.7 Å². The van der Waals surface area contributed by atoms with E-state index >= 15 is 0 Å². The van der Waals surface area contributed by atoms with Crippen LogP contribution in [-0.2, 0) is 11.3 Å². The predicted octanol–water partition coefficient (Wildman–Crippen LogP) is 3.83. The molecule has 1 saturated heterocycles. The molecule has 2 fully saturated rings. The number of carbonyl (C=O) groups is 1. The molecule has 214 valence electrons. The van der Waals surface area contributed by atoms with E-state index in [1.54, 1.807) is 60.8 Å². The molecule has 4 aromatic rings. The highest BCUT2D eigenvalue weighted by Gasteiger charge is 2.48. The topological polar surface area (TPSA) is 140 Å². The Morgan fingerprint density at radius 2 is 2.00 bits per heavy atom. The van der Waals surface area contributed by atoms with Crippen LogP contribution in [0.15, 0.2) is 61.4 Å². The quantitative estimate of drug-likeness (QED) is 0.318. The Morgan fingerprint density at radius 1 is 1.17 bits per heavy atom. The van der Waals surface area contributed by atoms with Gasteiger partial charge in [0.25, 0.3) is 5.91 Å².